The van der Waals surface area contributed by atoms with Crippen LogP contribution in [0.4, 0.5) is 5.69 Å². The van der Waals surface area contributed by atoms with Crippen LogP contribution < -0.4 is 10.6 Å². The molecule has 2 heterocycles. The van der Waals surface area contributed by atoms with Gasteiger partial charge in [0.25, 0.3) is 0 Å². The summed E-state index contributed by atoms with van der Waals surface area (Å²) in [5, 5.41) is 5.52. The van der Waals surface area contributed by atoms with Crippen LogP contribution in [0.3, 0.4) is 0 Å². The molecule has 0 saturated carbocycles. The number of benzene rings is 1. The monoisotopic (exact) mass is 414 g/mol. The Balaban J connectivity index is 1.71. The Bertz CT molecular complexity index is 824. The third-order valence-electron chi connectivity index (χ3n) is 4.63. The molecule has 2 aliphatic heterocycles. The summed E-state index contributed by atoms with van der Waals surface area (Å²) >= 11 is 6.14. The summed E-state index contributed by atoms with van der Waals surface area (Å²) in [6, 6.07) is 4.44. The number of anilines is 1. The van der Waals surface area contributed by atoms with Crippen molar-refractivity contribution < 1.29 is 18.0 Å². The Morgan fingerprint density at radius 2 is 1.93 bits per heavy atom. The number of hydrogen-bond acceptors (Lipinski definition) is 5. The Labute approximate surface area is 163 Å². The third kappa shape index (κ3) is 4.98. The molecule has 0 aliphatic carbocycles. The molecule has 0 aromatic heterocycles. The van der Waals surface area contributed by atoms with Gasteiger partial charge in [-0.1, -0.05) is 18.0 Å². The van der Waals surface area contributed by atoms with E-state index in [9.17, 15) is 18.0 Å². The van der Waals surface area contributed by atoms with Gasteiger partial charge in [-0.3, -0.25) is 14.5 Å². The number of piperidine rings is 1. The largest absolute Gasteiger partial charge is 0.354 e. The van der Waals surface area contributed by atoms with E-state index >= 15 is 0 Å². The van der Waals surface area contributed by atoms with Crippen LogP contribution in [0.5, 0.6) is 0 Å². The molecule has 0 unspecified atom stereocenters. The number of piperazine rings is 1. The quantitative estimate of drug-likeness (QED) is 0.745. The maximum Gasteiger partial charge on any atom is 0.244 e. The van der Waals surface area contributed by atoms with Crippen LogP contribution in [0.25, 0.3) is 0 Å². The minimum atomic E-state index is -3.70. The molecule has 2 N–H and O–H groups in total. The van der Waals surface area contributed by atoms with Crippen molar-refractivity contribution in [3.63, 3.8) is 0 Å². The van der Waals surface area contributed by atoms with Crippen molar-refractivity contribution in [2.24, 2.45) is 0 Å². The van der Waals surface area contributed by atoms with Gasteiger partial charge in [-0.2, -0.15) is 4.31 Å². The van der Waals surface area contributed by atoms with Crippen LogP contribution in [-0.4, -0.2) is 68.7 Å². The SMILES string of the molecule is O=C1CN(CC(=O)Nc2ccc(Cl)c(S(=O)(=O)N3CCCCC3)c2)CCN1. The summed E-state index contributed by atoms with van der Waals surface area (Å²) in [6.45, 7) is 2.28. The Kier molecular flexibility index (Phi) is 6.36. The molecule has 3 rings (SSSR count). The second kappa shape index (κ2) is 8.55. The van der Waals surface area contributed by atoms with Crippen molar-refractivity contribution in [2.75, 3.05) is 44.6 Å². The van der Waals surface area contributed by atoms with Crippen LogP contribution in [0.2, 0.25) is 5.02 Å². The fourth-order valence-electron chi connectivity index (χ4n) is 3.25. The third-order valence-corrected chi connectivity index (χ3v) is 7.01. The molecule has 8 nitrogen and oxygen atoms in total. The van der Waals surface area contributed by atoms with Crippen molar-refractivity contribution in [1.82, 2.24) is 14.5 Å². The maximum absolute atomic E-state index is 12.9. The Morgan fingerprint density at radius 3 is 2.63 bits per heavy atom. The number of carbonyl (C=O) groups is 2. The zero-order valence-electron chi connectivity index (χ0n) is 14.9. The number of hydrogen-bond donors (Lipinski definition) is 2. The molecule has 2 aliphatic rings. The molecular weight excluding hydrogens is 392 g/mol. The fourth-order valence-corrected chi connectivity index (χ4v) is 5.27. The summed E-state index contributed by atoms with van der Waals surface area (Å²) in [6.07, 6.45) is 2.68. The summed E-state index contributed by atoms with van der Waals surface area (Å²) in [7, 11) is -3.70. The van der Waals surface area contributed by atoms with E-state index in [-0.39, 0.29) is 34.8 Å². The number of carbonyl (C=O) groups excluding carboxylic acids is 2. The standard InChI is InChI=1S/C17H23ClN4O4S/c18-14-5-4-13(20-17(24)12-21-9-6-19-16(23)11-21)10-15(14)27(25,26)22-7-2-1-3-8-22/h4-5,10H,1-3,6-9,11-12H2,(H,19,23)(H,20,24). The first-order chi connectivity index (χ1) is 12.9. The van der Waals surface area contributed by atoms with Gasteiger partial charge in [0.05, 0.1) is 18.1 Å². The Morgan fingerprint density at radius 1 is 1.19 bits per heavy atom. The van der Waals surface area contributed by atoms with Gasteiger partial charge < -0.3 is 10.6 Å². The number of amides is 2. The number of halogens is 1. The Hall–Kier alpha value is -1.68. The number of nitrogens with one attached hydrogen (secondary N) is 2. The van der Waals surface area contributed by atoms with Crippen LogP contribution in [0.15, 0.2) is 23.1 Å². The van der Waals surface area contributed by atoms with Gasteiger partial charge in [-0.15, -0.1) is 0 Å². The van der Waals surface area contributed by atoms with Crippen molar-refractivity contribution in [1.29, 1.82) is 0 Å². The predicted molar refractivity (Wildman–Crippen MR) is 102 cm³/mol. The molecule has 2 amide bonds. The van der Waals surface area contributed by atoms with E-state index in [2.05, 4.69) is 10.6 Å². The minimum absolute atomic E-state index is 0.00113. The second-order valence-corrected chi connectivity index (χ2v) is 9.03. The molecule has 27 heavy (non-hydrogen) atoms. The molecule has 0 bridgehead atoms. The summed E-state index contributed by atoms with van der Waals surface area (Å²) in [5.41, 5.74) is 0.362. The topological polar surface area (TPSA) is 98.8 Å². The van der Waals surface area contributed by atoms with Gasteiger partial charge >= 0.3 is 0 Å². The fraction of sp³-hybridized carbons (Fsp3) is 0.529. The maximum atomic E-state index is 12.9. The predicted octanol–water partition coefficient (Wildman–Crippen LogP) is 0.885. The first-order valence-corrected chi connectivity index (χ1v) is 10.8. The van der Waals surface area contributed by atoms with Gasteiger partial charge in [-0.25, -0.2) is 8.42 Å². The highest BCUT2D eigenvalue weighted by Gasteiger charge is 2.28. The average Bonchev–Trinajstić information content (AvgIpc) is 2.64. The van der Waals surface area contributed by atoms with E-state index in [1.54, 1.807) is 11.0 Å². The molecule has 2 saturated heterocycles. The first-order valence-electron chi connectivity index (χ1n) is 8.95. The first kappa shape index (κ1) is 20.1. The lowest BCUT2D eigenvalue weighted by Gasteiger charge is -2.27. The minimum Gasteiger partial charge on any atom is -0.354 e. The van der Waals surface area contributed by atoms with Gasteiger partial charge in [0, 0.05) is 31.9 Å². The highest BCUT2D eigenvalue weighted by molar-refractivity contribution is 7.89. The molecular formula is C17H23ClN4O4S. The van der Waals surface area contributed by atoms with E-state index in [1.165, 1.54) is 16.4 Å². The summed E-state index contributed by atoms with van der Waals surface area (Å²) in [4.78, 5) is 25.4. The summed E-state index contributed by atoms with van der Waals surface area (Å²) < 4.78 is 27.2. The molecule has 0 radical (unpaired) electrons. The normalized spacial score (nSPS) is 19.5. The van der Waals surface area contributed by atoms with E-state index < -0.39 is 10.0 Å². The van der Waals surface area contributed by atoms with Gasteiger partial charge in [-0.05, 0) is 31.0 Å². The van der Waals surface area contributed by atoms with Crippen LogP contribution in [-0.2, 0) is 19.6 Å². The van der Waals surface area contributed by atoms with Crippen LogP contribution in [0.1, 0.15) is 19.3 Å². The average molecular weight is 415 g/mol. The van der Waals surface area contributed by atoms with E-state index in [0.717, 1.165) is 19.3 Å². The van der Waals surface area contributed by atoms with Crippen molar-refractivity contribution in [3.8, 4) is 0 Å². The number of rotatable bonds is 5. The number of sulfonamides is 1. The lowest BCUT2D eigenvalue weighted by molar-refractivity contribution is -0.125. The van der Waals surface area contributed by atoms with Crippen molar-refractivity contribution >= 4 is 39.1 Å². The molecule has 1 aromatic rings. The zero-order valence-corrected chi connectivity index (χ0v) is 16.5. The molecule has 0 spiro atoms. The van der Waals surface area contributed by atoms with E-state index in [1.807, 2.05) is 0 Å². The van der Waals surface area contributed by atoms with Gasteiger partial charge in [0.1, 0.15) is 4.90 Å². The van der Waals surface area contributed by atoms with Crippen molar-refractivity contribution in [2.45, 2.75) is 24.2 Å². The molecule has 0 atom stereocenters. The van der Waals surface area contributed by atoms with E-state index in [4.69, 9.17) is 11.6 Å². The summed E-state index contributed by atoms with van der Waals surface area (Å²) in [5.74, 6) is -0.427. The van der Waals surface area contributed by atoms with Gasteiger partial charge in [0.15, 0.2) is 0 Å². The number of nitrogens with zero attached hydrogens (tertiary/aromatic N) is 2. The van der Waals surface area contributed by atoms with Crippen LogP contribution in [0, 0.1) is 0 Å². The lowest BCUT2D eigenvalue weighted by atomic mass is 10.2. The molecule has 1 aromatic carbocycles. The lowest BCUT2D eigenvalue weighted by Crippen LogP contribution is -2.49. The zero-order chi connectivity index (χ0) is 19.4. The van der Waals surface area contributed by atoms with Gasteiger partial charge in [0.2, 0.25) is 21.8 Å². The smallest absolute Gasteiger partial charge is 0.244 e. The molecule has 10 heteroatoms. The van der Waals surface area contributed by atoms with Crippen LogP contribution >= 0.6 is 11.6 Å². The highest BCUT2D eigenvalue weighted by Crippen LogP contribution is 2.29. The molecule has 148 valence electrons. The van der Waals surface area contributed by atoms with E-state index in [0.29, 0.717) is 31.9 Å². The van der Waals surface area contributed by atoms with Crippen molar-refractivity contribution in [3.05, 3.63) is 23.2 Å². The second-order valence-electron chi connectivity index (χ2n) is 6.72. The highest BCUT2D eigenvalue weighted by atomic mass is 35.5. The molecule has 2 fully saturated rings.